The van der Waals surface area contributed by atoms with Crippen molar-refractivity contribution in [3.8, 4) is 11.4 Å². The number of hydrogen-bond donors (Lipinski definition) is 0. The lowest BCUT2D eigenvalue weighted by molar-refractivity contribution is -0.135. The molecule has 0 N–H and O–H groups in total. The topological polar surface area (TPSA) is 63.9 Å². The molecule has 1 aliphatic rings. The molecule has 3 rings (SSSR count). The second kappa shape index (κ2) is 6.25. The Bertz CT molecular complexity index is 649. The average Bonchev–Trinajstić information content (AvgIpc) is 2.97. The number of carbonyl (C=O) groups excluding carboxylic acids is 1. The van der Waals surface area contributed by atoms with Gasteiger partial charge in [0.15, 0.2) is 0 Å². The van der Waals surface area contributed by atoms with Gasteiger partial charge < -0.3 is 4.90 Å². The number of carbonyl (C=O) groups is 1. The minimum atomic E-state index is 0.0695. The number of tetrazole rings is 1. The molecule has 0 aliphatic carbocycles. The number of likely N-dealkylation sites (tertiary alicyclic amines) is 1. The number of rotatable bonds is 3. The summed E-state index contributed by atoms with van der Waals surface area (Å²) in [4.78, 5) is 15.7. The van der Waals surface area contributed by atoms with Gasteiger partial charge in [-0.1, -0.05) is 29.8 Å². The van der Waals surface area contributed by atoms with Crippen molar-refractivity contribution < 1.29 is 4.79 Å². The summed E-state index contributed by atoms with van der Waals surface area (Å²) in [5, 5.41) is 12.4. The number of aromatic nitrogens is 4. The SMILES string of the molecule is Cc1ccc(-c2nnn(CC(=O)N3CCCC[C@H]3C)n2)cc1. The van der Waals surface area contributed by atoms with Gasteiger partial charge in [-0.15, -0.1) is 10.2 Å². The van der Waals surface area contributed by atoms with Crippen LogP contribution < -0.4 is 0 Å². The van der Waals surface area contributed by atoms with Crippen LogP contribution in [0.5, 0.6) is 0 Å². The van der Waals surface area contributed by atoms with E-state index in [1.807, 2.05) is 36.1 Å². The van der Waals surface area contributed by atoms with Gasteiger partial charge in [0, 0.05) is 18.2 Å². The molecule has 116 valence electrons. The standard InChI is InChI=1S/C16H21N5O/c1-12-6-8-14(9-7-12)16-17-19-21(18-16)11-15(22)20-10-4-3-5-13(20)2/h6-9,13H,3-5,10-11H2,1-2H3/t13-/m1/s1. The number of nitrogens with zero attached hydrogens (tertiary/aromatic N) is 5. The molecule has 1 aliphatic heterocycles. The van der Waals surface area contributed by atoms with Crippen LogP contribution >= 0.6 is 0 Å². The number of piperidine rings is 1. The fraction of sp³-hybridized carbons (Fsp3) is 0.500. The van der Waals surface area contributed by atoms with Gasteiger partial charge in [0.05, 0.1) is 0 Å². The zero-order valence-electron chi connectivity index (χ0n) is 13.1. The maximum Gasteiger partial charge on any atom is 0.246 e. The van der Waals surface area contributed by atoms with Crippen LogP contribution in [-0.2, 0) is 11.3 Å². The van der Waals surface area contributed by atoms with E-state index in [9.17, 15) is 4.79 Å². The maximum absolute atomic E-state index is 12.4. The van der Waals surface area contributed by atoms with Gasteiger partial charge in [-0.05, 0) is 38.3 Å². The van der Waals surface area contributed by atoms with Gasteiger partial charge in [-0.25, -0.2) is 0 Å². The highest BCUT2D eigenvalue weighted by Crippen LogP contribution is 2.17. The first-order valence-corrected chi connectivity index (χ1v) is 7.78. The van der Waals surface area contributed by atoms with E-state index in [1.165, 1.54) is 16.8 Å². The Morgan fingerprint density at radius 2 is 2.05 bits per heavy atom. The first-order valence-electron chi connectivity index (χ1n) is 7.78. The highest BCUT2D eigenvalue weighted by atomic mass is 16.2. The predicted molar refractivity (Wildman–Crippen MR) is 83.0 cm³/mol. The Labute approximate surface area is 130 Å². The van der Waals surface area contributed by atoms with Gasteiger partial charge >= 0.3 is 0 Å². The largest absolute Gasteiger partial charge is 0.338 e. The maximum atomic E-state index is 12.4. The molecule has 0 spiro atoms. The Morgan fingerprint density at radius 1 is 1.27 bits per heavy atom. The Hall–Kier alpha value is -2.24. The summed E-state index contributed by atoms with van der Waals surface area (Å²) < 4.78 is 0. The van der Waals surface area contributed by atoms with Crippen molar-refractivity contribution in [2.45, 2.75) is 45.7 Å². The second-order valence-electron chi connectivity index (χ2n) is 5.94. The number of benzene rings is 1. The molecule has 1 fully saturated rings. The molecule has 2 heterocycles. The van der Waals surface area contributed by atoms with E-state index < -0.39 is 0 Å². The number of hydrogen-bond acceptors (Lipinski definition) is 4. The quantitative estimate of drug-likeness (QED) is 0.870. The highest BCUT2D eigenvalue weighted by Gasteiger charge is 2.23. The van der Waals surface area contributed by atoms with Crippen LogP contribution in [0.3, 0.4) is 0 Å². The van der Waals surface area contributed by atoms with Crippen molar-refractivity contribution in [1.82, 2.24) is 25.1 Å². The first kappa shape index (κ1) is 14.7. The van der Waals surface area contributed by atoms with Crippen molar-refractivity contribution in [3.05, 3.63) is 29.8 Å². The van der Waals surface area contributed by atoms with Crippen LogP contribution in [0.15, 0.2) is 24.3 Å². The number of amides is 1. The van der Waals surface area contributed by atoms with E-state index >= 15 is 0 Å². The van der Waals surface area contributed by atoms with Crippen molar-refractivity contribution in [3.63, 3.8) is 0 Å². The van der Waals surface area contributed by atoms with E-state index in [-0.39, 0.29) is 12.5 Å². The summed E-state index contributed by atoms with van der Waals surface area (Å²) in [6.45, 7) is 5.12. The Morgan fingerprint density at radius 3 is 2.77 bits per heavy atom. The molecule has 1 amide bonds. The third-order valence-corrected chi connectivity index (χ3v) is 4.16. The Kier molecular flexibility index (Phi) is 4.18. The van der Waals surface area contributed by atoms with Crippen molar-refractivity contribution >= 4 is 5.91 Å². The van der Waals surface area contributed by atoms with Crippen LogP contribution in [0.1, 0.15) is 31.7 Å². The van der Waals surface area contributed by atoms with Gasteiger partial charge in [0.2, 0.25) is 11.7 Å². The molecule has 1 aromatic carbocycles. The summed E-state index contributed by atoms with van der Waals surface area (Å²) in [6.07, 6.45) is 3.35. The summed E-state index contributed by atoms with van der Waals surface area (Å²) in [6, 6.07) is 8.25. The molecule has 22 heavy (non-hydrogen) atoms. The monoisotopic (exact) mass is 299 g/mol. The average molecular weight is 299 g/mol. The molecule has 6 heteroatoms. The zero-order valence-corrected chi connectivity index (χ0v) is 13.1. The summed E-state index contributed by atoms with van der Waals surface area (Å²) in [5.74, 6) is 0.625. The van der Waals surface area contributed by atoms with Crippen LogP contribution in [0, 0.1) is 6.92 Å². The molecular weight excluding hydrogens is 278 g/mol. The van der Waals surface area contributed by atoms with Gasteiger partial charge in [-0.2, -0.15) is 4.80 Å². The van der Waals surface area contributed by atoms with Crippen LogP contribution in [0.25, 0.3) is 11.4 Å². The third-order valence-electron chi connectivity index (χ3n) is 4.16. The second-order valence-corrected chi connectivity index (χ2v) is 5.94. The van der Waals surface area contributed by atoms with Crippen LogP contribution in [-0.4, -0.2) is 43.6 Å². The smallest absolute Gasteiger partial charge is 0.246 e. The van der Waals surface area contributed by atoms with E-state index in [2.05, 4.69) is 22.3 Å². The molecule has 0 bridgehead atoms. The fourth-order valence-electron chi connectivity index (χ4n) is 2.81. The Balaban J connectivity index is 1.68. The number of aryl methyl sites for hydroxylation is 1. The molecule has 2 aromatic rings. The molecule has 6 nitrogen and oxygen atoms in total. The van der Waals surface area contributed by atoms with Crippen molar-refractivity contribution in [1.29, 1.82) is 0 Å². The van der Waals surface area contributed by atoms with E-state index in [0.717, 1.165) is 24.9 Å². The summed E-state index contributed by atoms with van der Waals surface area (Å²) in [7, 11) is 0. The molecule has 1 saturated heterocycles. The van der Waals surface area contributed by atoms with Gasteiger partial charge in [0.25, 0.3) is 0 Å². The minimum Gasteiger partial charge on any atom is -0.338 e. The zero-order chi connectivity index (χ0) is 15.5. The third kappa shape index (κ3) is 3.16. The molecule has 0 saturated carbocycles. The highest BCUT2D eigenvalue weighted by molar-refractivity contribution is 5.76. The van der Waals surface area contributed by atoms with E-state index in [1.54, 1.807) is 0 Å². The van der Waals surface area contributed by atoms with Gasteiger partial charge in [-0.3, -0.25) is 4.79 Å². The van der Waals surface area contributed by atoms with Crippen LogP contribution in [0.2, 0.25) is 0 Å². The lowest BCUT2D eigenvalue weighted by atomic mass is 10.0. The van der Waals surface area contributed by atoms with E-state index in [0.29, 0.717) is 11.9 Å². The molecule has 1 atom stereocenters. The van der Waals surface area contributed by atoms with E-state index in [4.69, 9.17) is 0 Å². The normalized spacial score (nSPS) is 18.5. The molecule has 0 unspecified atom stereocenters. The molecular formula is C16H21N5O. The van der Waals surface area contributed by atoms with Crippen molar-refractivity contribution in [2.75, 3.05) is 6.54 Å². The van der Waals surface area contributed by atoms with Gasteiger partial charge in [0.1, 0.15) is 6.54 Å². The molecule has 1 aromatic heterocycles. The predicted octanol–water partition coefficient (Wildman–Crippen LogP) is 2.05. The fourth-order valence-corrected chi connectivity index (χ4v) is 2.81. The first-order chi connectivity index (χ1) is 10.6. The molecule has 0 radical (unpaired) electrons. The van der Waals surface area contributed by atoms with Crippen LogP contribution in [0.4, 0.5) is 0 Å². The lowest BCUT2D eigenvalue weighted by Gasteiger charge is -2.33. The summed E-state index contributed by atoms with van der Waals surface area (Å²) in [5.41, 5.74) is 2.10. The summed E-state index contributed by atoms with van der Waals surface area (Å²) >= 11 is 0. The lowest BCUT2D eigenvalue weighted by Crippen LogP contribution is -2.43. The minimum absolute atomic E-state index is 0.0695. The van der Waals surface area contributed by atoms with Crippen molar-refractivity contribution in [2.24, 2.45) is 0 Å².